The molecule has 10 aromatic heterocycles. The molecule has 37 nitrogen and oxygen atoms in total. The number of pyridine rings is 5. The Hall–Kier alpha value is -10.0. The Kier molecular flexibility index (Phi) is 40.2. The summed E-state index contributed by atoms with van der Waals surface area (Å²) in [7, 11) is 8.97. The molecule has 0 aliphatic heterocycles. The summed E-state index contributed by atoms with van der Waals surface area (Å²) < 4.78 is 117. The predicted octanol–water partition coefficient (Wildman–Crippen LogP) is 6.93. The largest absolute Gasteiger partial charge is 0.530 e. The van der Waals surface area contributed by atoms with E-state index < -0.39 is 36.2 Å². The van der Waals surface area contributed by atoms with Gasteiger partial charge in [0.1, 0.15) is 44.5 Å². The van der Waals surface area contributed by atoms with Crippen LogP contribution in [0.5, 0.6) is 40.9 Å². The van der Waals surface area contributed by atoms with Crippen molar-refractivity contribution < 1.29 is 219 Å². The maximum Gasteiger partial charge on any atom is 0.416 e. The average Bonchev–Trinajstić information content (AvgIpc) is 1.48. The van der Waals surface area contributed by atoms with Crippen molar-refractivity contribution in [3.63, 3.8) is 0 Å². The maximum atomic E-state index is 13.4. The van der Waals surface area contributed by atoms with Crippen LogP contribution in [-0.4, -0.2) is 138 Å². The van der Waals surface area contributed by atoms with Crippen molar-refractivity contribution in [2.45, 2.75) is 71.3 Å². The molecule has 0 N–H and O–H groups in total. The van der Waals surface area contributed by atoms with Crippen molar-refractivity contribution in [1.29, 1.82) is 0 Å². The zero-order valence-corrected chi connectivity index (χ0v) is 81.7. The molecule has 47 heteroatoms. The number of aromatic nitrogens is 25. The number of ether oxygens (including phenoxy) is 7. The van der Waals surface area contributed by atoms with Gasteiger partial charge in [0, 0.05) is 221 Å². The van der Waals surface area contributed by atoms with E-state index >= 15 is 0 Å². The first-order chi connectivity index (χ1) is 58.1. The van der Waals surface area contributed by atoms with Gasteiger partial charge in [-0.05, 0) is 132 Å². The minimum absolute atomic E-state index is 0. The zero-order chi connectivity index (χ0) is 84.8. The van der Waals surface area contributed by atoms with Crippen LogP contribution in [0.4, 0.5) is 22.0 Å². The summed E-state index contributed by atoms with van der Waals surface area (Å²) in [5, 5.41) is 37.4. The number of nitrogens with zero attached hydrogens (tertiary/aromatic N) is 25. The van der Waals surface area contributed by atoms with Crippen molar-refractivity contribution in [3.05, 3.63) is 310 Å². The molecule has 1 aliphatic rings. The van der Waals surface area contributed by atoms with E-state index in [1.165, 1.54) is 94.9 Å². The van der Waals surface area contributed by atoms with Crippen LogP contribution >= 0.6 is 0 Å². The molecule has 0 atom stereocenters. The number of alkyl halides is 5. The summed E-state index contributed by atoms with van der Waals surface area (Å²) in [6.45, 7) is 2.35. The van der Waals surface area contributed by atoms with E-state index in [-0.39, 0.29) is 240 Å². The van der Waals surface area contributed by atoms with E-state index in [0.29, 0.717) is 76.5 Å². The number of hydrogen-bond donors (Lipinski definition) is 0. The molecule has 10 heterocycles. The number of benzene rings is 5. The second kappa shape index (κ2) is 49.2. The molecule has 1 fully saturated rings. The standard InChI is InChI=1S/C17H16N5O2.C16H16N5O3.C15H11F3N5O2.C15H12F2N5O2.C15H14N5O3.5Y/c1-21-17(23)22(20-19-21)15-6-4-5-13(12-8-9-12)14(15)11-24-16-7-2-3-10-18-16;1-3-23-14-8-6-7-13(21-16(22)20(2)18-19-21)12(14)11-24-15-9-4-5-10-17-15;1-22-14(24)23(21-20-22)12-6-4-5-11(15(16,17)18)10(12)9-25-13-7-2-3-8-19-13;1-21-15(23)22(20-19-21)12-6-4-5-10(14(16)17)11(12)9-24-13-7-2-3-8-18-13;1-19-15(21)20(18-17-19)12-6-5-7-13(22-2)11(12)10-23-14-8-3-4-9-16-14;;;;;/h2-7,12H,8-9,11H2,1H3;4-9H,3,11H2,1-2H3;2-7H,9H2,1H3;2-7,14H,9H2,1H3;3-8H,10H2,1-2H3;;;;;/q5*-1;;;;;. The van der Waals surface area contributed by atoms with Gasteiger partial charge in [-0.3, -0.25) is 0 Å². The van der Waals surface area contributed by atoms with Crippen LogP contribution in [0.25, 0.3) is 28.4 Å². The van der Waals surface area contributed by atoms with Crippen LogP contribution in [0, 0.1) is 31.0 Å². The van der Waals surface area contributed by atoms with Gasteiger partial charge in [-0.25, -0.2) is 32.8 Å². The van der Waals surface area contributed by atoms with Crippen molar-refractivity contribution in [2.24, 2.45) is 35.2 Å². The van der Waals surface area contributed by atoms with E-state index in [1.807, 2.05) is 31.2 Å². The van der Waals surface area contributed by atoms with Crippen LogP contribution in [0.3, 0.4) is 0 Å². The number of rotatable bonds is 25. The molecule has 0 saturated heterocycles. The van der Waals surface area contributed by atoms with Crippen molar-refractivity contribution in [1.82, 2.24) is 124 Å². The topological polar surface area (TPSA) is 393 Å². The van der Waals surface area contributed by atoms with E-state index in [9.17, 15) is 45.9 Å². The molecule has 125 heavy (non-hydrogen) atoms. The Morgan fingerprint density at radius 1 is 0.360 bits per heavy atom. The Morgan fingerprint density at radius 3 is 0.952 bits per heavy atom. The SMILES string of the molecule is CCOc1cccc(-n2nnn(C)c2=O)c1COc1ccc[c-]n1.COc1cccc(-n2nnn(C)c2=O)c1COc1ccc[c-]n1.Cn1nnn(-c2cccc(C(F)(F)F)c2COc2ccc[c-]n2)c1=O.Cn1nnn(-c2cccc(C(F)F)c2COc2ccc[c-]n2)c1=O.Cn1nnn(-c2cccc(C3CC3)c2COc2ccc[c-]n2)c1=O.[Y].[Y].[Y].[Y].[Y]. The third-order valence-corrected chi connectivity index (χ3v) is 17.3. The molecule has 5 aromatic carbocycles. The first-order valence-electron chi connectivity index (χ1n) is 36.0. The van der Waals surface area contributed by atoms with Gasteiger partial charge in [0.05, 0.1) is 88.2 Å². The molecule has 16 rings (SSSR count). The molecular formula is C78H69F5N25O12Y5-5. The average molecular weight is 2090 g/mol. The summed E-state index contributed by atoms with van der Waals surface area (Å²) in [6.07, 6.45) is 8.22. The molecule has 5 radical (unpaired) electrons. The smallest absolute Gasteiger partial charge is 0.416 e. The van der Waals surface area contributed by atoms with Gasteiger partial charge in [0.2, 0.25) is 0 Å². The summed E-state index contributed by atoms with van der Waals surface area (Å²) in [5.41, 5.74) is 1.94. The Balaban J connectivity index is 0.000000212. The molecule has 633 valence electrons. The second-order valence-electron chi connectivity index (χ2n) is 25.2. The normalized spacial score (nSPS) is 11.0. The molecule has 0 spiro atoms. The fraction of sp³-hybridized carbons (Fsp3) is 0.231. The maximum absolute atomic E-state index is 13.4. The Labute approximate surface area is 832 Å². The predicted molar refractivity (Wildman–Crippen MR) is 410 cm³/mol. The van der Waals surface area contributed by atoms with Gasteiger partial charge in [-0.1, -0.05) is 73.4 Å². The second-order valence-corrected chi connectivity index (χ2v) is 25.2. The van der Waals surface area contributed by atoms with Crippen LogP contribution in [0.1, 0.15) is 76.6 Å². The van der Waals surface area contributed by atoms with E-state index in [2.05, 4.69) is 114 Å². The van der Waals surface area contributed by atoms with Gasteiger partial charge in [0.15, 0.2) is 0 Å². The molecule has 1 saturated carbocycles. The van der Waals surface area contributed by atoms with Crippen LogP contribution in [-0.2, 0) is 238 Å². The minimum atomic E-state index is -4.63. The van der Waals surface area contributed by atoms with E-state index in [0.717, 1.165) is 52.6 Å². The Bertz CT molecular complexity index is 6100. The van der Waals surface area contributed by atoms with Crippen LogP contribution < -0.4 is 61.6 Å². The summed E-state index contributed by atoms with van der Waals surface area (Å²) in [5.74, 6) is 3.42. The van der Waals surface area contributed by atoms with E-state index in [1.54, 1.807) is 117 Å². The number of tetrazole rings is 5. The van der Waals surface area contributed by atoms with Crippen LogP contribution in [0.15, 0.2) is 206 Å². The van der Waals surface area contributed by atoms with Gasteiger partial charge in [0.25, 0.3) is 6.43 Å². The molecule has 0 bridgehead atoms. The van der Waals surface area contributed by atoms with Crippen LogP contribution in [0.2, 0.25) is 0 Å². The number of aryl methyl sites for hydroxylation is 5. The third kappa shape index (κ3) is 26.6. The summed E-state index contributed by atoms with van der Waals surface area (Å²) in [4.78, 5) is 80.2. The van der Waals surface area contributed by atoms with Gasteiger partial charge in [-0.2, -0.15) is 121 Å². The van der Waals surface area contributed by atoms with Crippen molar-refractivity contribution >= 4 is 0 Å². The number of halogens is 5. The number of methoxy groups -OCH3 is 1. The van der Waals surface area contributed by atoms with Gasteiger partial charge >= 0.3 is 34.6 Å². The first kappa shape index (κ1) is 102. The fourth-order valence-corrected chi connectivity index (χ4v) is 11.4. The first-order valence-corrected chi connectivity index (χ1v) is 36.0. The summed E-state index contributed by atoms with van der Waals surface area (Å²) in [6, 6.07) is 49.4. The van der Waals surface area contributed by atoms with Gasteiger partial charge < -0.3 is 58.1 Å². The zero-order valence-electron chi connectivity index (χ0n) is 67.5. The molecule has 1 aliphatic carbocycles. The number of hydrogen-bond acceptors (Lipinski definition) is 27. The van der Waals surface area contributed by atoms with Crippen molar-refractivity contribution in [2.75, 3.05) is 13.7 Å². The fourth-order valence-electron chi connectivity index (χ4n) is 11.4. The minimum Gasteiger partial charge on any atom is -0.530 e. The molecule has 0 unspecified atom stereocenters. The molecule has 0 amide bonds. The molecular weight excluding hydrogens is 2020 g/mol. The van der Waals surface area contributed by atoms with Gasteiger partial charge in [-0.15, -0.1) is 30.3 Å². The van der Waals surface area contributed by atoms with Crippen molar-refractivity contribution in [3.8, 4) is 69.3 Å². The molecule has 15 aromatic rings. The summed E-state index contributed by atoms with van der Waals surface area (Å²) >= 11 is 0. The monoisotopic (exact) mass is 2090 g/mol. The van der Waals surface area contributed by atoms with E-state index in [4.69, 9.17) is 33.2 Å². The third-order valence-electron chi connectivity index (χ3n) is 17.3. The quantitative estimate of drug-likeness (QED) is 0.0413. The Morgan fingerprint density at radius 2 is 0.648 bits per heavy atom.